The van der Waals surface area contributed by atoms with E-state index in [2.05, 4.69) is 15.4 Å². The van der Waals surface area contributed by atoms with Gasteiger partial charge in [-0.05, 0) is 24.6 Å². The number of benzene rings is 1. The molecule has 0 bridgehead atoms. The van der Waals surface area contributed by atoms with Gasteiger partial charge in [-0.25, -0.2) is 9.18 Å². The van der Waals surface area contributed by atoms with E-state index in [-0.39, 0.29) is 11.9 Å². The summed E-state index contributed by atoms with van der Waals surface area (Å²) in [5, 5.41) is 5.99. The Morgan fingerprint density at radius 1 is 1.52 bits per heavy atom. The number of carbonyl (C=O) groups is 1. The number of hydrogen-bond donors (Lipinski definition) is 2. The van der Waals surface area contributed by atoms with Crippen LogP contribution in [0.1, 0.15) is 18.9 Å². The maximum atomic E-state index is 14.2. The van der Waals surface area contributed by atoms with Gasteiger partial charge in [0.1, 0.15) is 5.82 Å². The Morgan fingerprint density at radius 3 is 3.05 bits per heavy atom. The highest BCUT2D eigenvalue weighted by Crippen LogP contribution is 2.28. The summed E-state index contributed by atoms with van der Waals surface area (Å²) in [5.74, 6) is -0.218. The minimum absolute atomic E-state index is 0.0101. The average molecular weight is 295 g/mol. The number of nitrogens with one attached hydrogen (secondary N) is 2. The van der Waals surface area contributed by atoms with Crippen molar-refractivity contribution in [2.24, 2.45) is 0 Å². The summed E-state index contributed by atoms with van der Waals surface area (Å²) in [4.78, 5) is 13.2. The topological polar surface area (TPSA) is 53.6 Å². The molecule has 1 unspecified atom stereocenters. The number of carbonyl (C=O) groups excluding carboxylic acids is 1. The van der Waals surface area contributed by atoms with Crippen molar-refractivity contribution >= 4 is 11.8 Å². The Labute approximate surface area is 124 Å². The normalized spacial score (nSPS) is 17.9. The summed E-state index contributed by atoms with van der Waals surface area (Å²) in [6, 6.07) is 5.13. The summed E-state index contributed by atoms with van der Waals surface area (Å²) in [5.41, 5.74) is 1.57. The van der Waals surface area contributed by atoms with Crippen LogP contribution in [-0.2, 0) is 11.3 Å². The van der Waals surface area contributed by atoms with Crippen LogP contribution in [0.4, 0.5) is 14.9 Å². The zero-order valence-corrected chi connectivity index (χ0v) is 12.5. The first kappa shape index (κ1) is 15.6. The van der Waals surface area contributed by atoms with Gasteiger partial charge in [-0.2, -0.15) is 0 Å². The Balaban J connectivity index is 2.09. The van der Waals surface area contributed by atoms with Gasteiger partial charge < -0.3 is 20.3 Å². The zero-order chi connectivity index (χ0) is 15.2. The molecule has 21 heavy (non-hydrogen) atoms. The molecule has 1 fully saturated rings. The number of nitrogens with zero attached hydrogens (tertiary/aromatic N) is 1. The molecule has 1 saturated heterocycles. The number of hydrogen-bond acceptors (Lipinski definition) is 4. The first-order chi connectivity index (χ1) is 10.2. The molecule has 1 aliphatic rings. The molecule has 5 nitrogen and oxygen atoms in total. The highest BCUT2D eigenvalue weighted by molar-refractivity contribution is 5.67. The number of anilines is 1. The second-order valence-electron chi connectivity index (χ2n) is 5.10. The van der Waals surface area contributed by atoms with Crippen molar-refractivity contribution in [2.75, 3.05) is 31.6 Å². The van der Waals surface area contributed by atoms with E-state index in [4.69, 9.17) is 0 Å². The predicted octanol–water partition coefficient (Wildman–Crippen LogP) is 1.87. The molecule has 6 heteroatoms. The monoisotopic (exact) mass is 295 g/mol. The number of ether oxygens (including phenoxy) is 1. The molecule has 0 aliphatic carbocycles. The fourth-order valence-electron chi connectivity index (χ4n) is 2.62. The van der Waals surface area contributed by atoms with Crippen molar-refractivity contribution in [3.63, 3.8) is 0 Å². The Morgan fingerprint density at radius 2 is 2.33 bits per heavy atom. The van der Waals surface area contributed by atoms with Crippen LogP contribution in [-0.4, -0.2) is 38.9 Å². The maximum Gasteiger partial charge on any atom is 0.407 e. The van der Waals surface area contributed by atoms with Crippen LogP contribution in [0.5, 0.6) is 0 Å². The van der Waals surface area contributed by atoms with E-state index in [1.165, 1.54) is 13.2 Å². The lowest BCUT2D eigenvalue weighted by Gasteiger charge is -2.23. The molecule has 0 radical (unpaired) electrons. The number of amides is 1. The van der Waals surface area contributed by atoms with E-state index in [1.54, 1.807) is 6.07 Å². The van der Waals surface area contributed by atoms with E-state index >= 15 is 0 Å². The van der Waals surface area contributed by atoms with E-state index < -0.39 is 6.09 Å². The lowest BCUT2D eigenvalue weighted by Crippen LogP contribution is -2.37. The number of alkyl carbamates (subject to hydrolysis) is 1. The third-order valence-electron chi connectivity index (χ3n) is 3.65. The number of para-hydroxylation sites is 1. The maximum absolute atomic E-state index is 14.2. The van der Waals surface area contributed by atoms with Crippen molar-refractivity contribution in [3.8, 4) is 0 Å². The smallest absolute Gasteiger partial charge is 0.407 e. The quantitative estimate of drug-likeness (QED) is 0.871. The van der Waals surface area contributed by atoms with Crippen LogP contribution in [0.25, 0.3) is 0 Å². The van der Waals surface area contributed by atoms with Crippen molar-refractivity contribution in [1.29, 1.82) is 0 Å². The highest BCUT2D eigenvalue weighted by atomic mass is 19.1. The molecule has 0 spiro atoms. The molecule has 2 rings (SSSR count). The molecule has 1 atom stereocenters. The minimum atomic E-state index is -0.441. The third-order valence-corrected chi connectivity index (χ3v) is 3.65. The van der Waals surface area contributed by atoms with Crippen LogP contribution in [0, 0.1) is 5.82 Å². The second kappa shape index (κ2) is 7.26. The van der Waals surface area contributed by atoms with E-state index in [0.717, 1.165) is 18.5 Å². The summed E-state index contributed by atoms with van der Waals surface area (Å²) < 4.78 is 18.8. The van der Waals surface area contributed by atoms with Crippen LogP contribution >= 0.6 is 0 Å². The average Bonchev–Trinajstić information content (AvgIpc) is 2.92. The van der Waals surface area contributed by atoms with Gasteiger partial charge in [0, 0.05) is 19.6 Å². The number of rotatable bonds is 5. The lowest BCUT2D eigenvalue weighted by atomic mass is 10.1. The van der Waals surface area contributed by atoms with Gasteiger partial charge in [-0.3, -0.25) is 0 Å². The highest BCUT2D eigenvalue weighted by Gasteiger charge is 2.27. The summed E-state index contributed by atoms with van der Waals surface area (Å²) in [7, 11) is 1.34. The molecule has 1 aromatic carbocycles. The standard InChI is InChI=1S/C15H22FN3O2/c1-3-17-9-11-5-4-6-13(16)14(11)19-8-7-12(10-19)18-15(20)21-2/h4-6,12,17H,3,7-10H2,1-2H3,(H,18,20). The minimum Gasteiger partial charge on any atom is -0.453 e. The Bertz CT molecular complexity index is 496. The molecule has 116 valence electrons. The molecular formula is C15H22FN3O2. The van der Waals surface area contributed by atoms with Crippen molar-refractivity contribution in [3.05, 3.63) is 29.6 Å². The largest absolute Gasteiger partial charge is 0.453 e. The molecule has 1 aliphatic heterocycles. The van der Waals surface area contributed by atoms with Crippen LogP contribution in [0.2, 0.25) is 0 Å². The SMILES string of the molecule is CCNCc1cccc(F)c1N1CCC(NC(=O)OC)C1. The lowest BCUT2D eigenvalue weighted by molar-refractivity contribution is 0.167. The van der Waals surface area contributed by atoms with Gasteiger partial charge in [-0.15, -0.1) is 0 Å². The summed E-state index contributed by atoms with van der Waals surface area (Å²) in [6.07, 6.45) is 0.340. The van der Waals surface area contributed by atoms with Crippen molar-refractivity contribution in [2.45, 2.75) is 25.9 Å². The third kappa shape index (κ3) is 3.85. The fraction of sp³-hybridized carbons (Fsp3) is 0.533. The first-order valence-electron chi connectivity index (χ1n) is 7.23. The summed E-state index contributed by atoms with van der Waals surface area (Å²) >= 11 is 0. The Hall–Kier alpha value is -1.82. The van der Waals surface area contributed by atoms with Gasteiger partial charge in [0.05, 0.1) is 18.8 Å². The van der Waals surface area contributed by atoms with E-state index in [9.17, 15) is 9.18 Å². The summed E-state index contributed by atoms with van der Waals surface area (Å²) in [6.45, 7) is 4.80. The molecule has 1 aromatic rings. The molecule has 1 heterocycles. The number of halogens is 1. The molecule has 0 aromatic heterocycles. The van der Waals surface area contributed by atoms with Crippen molar-refractivity contribution < 1.29 is 13.9 Å². The van der Waals surface area contributed by atoms with Gasteiger partial charge in [0.25, 0.3) is 0 Å². The van der Waals surface area contributed by atoms with E-state index in [1.807, 2.05) is 17.9 Å². The molecule has 1 amide bonds. The van der Waals surface area contributed by atoms with Gasteiger partial charge >= 0.3 is 6.09 Å². The predicted molar refractivity (Wildman–Crippen MR) is 79.9 cm³/mol. The van der Waals surface area contributed by atoms with Crippen molar-refractivity contribution in [1.82, 2.24) is 10.6 Å². The van der Waals surface area contributed by atoms with Gasteiger partial charge in [0.2, 0.25) is 0 Å². The van der Waals surface area contributed by atoms with Crippen LogP contribution in [0.3, 0.4) is 0 Å². The zero-order valence-electron chi connectivity index (χ0n) is 12.5. The Kier molecular flexibility index (Phi) is 5.38. The van der Waals surface area contributed by atoms with Gasteiger partial charge in [-0.1, -0.05) is 19.1 Å². The second-order valence-corrected chi connectivity index (χ2v) is 5.10. The first-order valence-corrected chi connectivity index (χ1v) is 7.23. The molecule has 2 N–H and O–H groups in total. The number of methoxy groups -OCH3 is 1. The van der Waals surface area contributed by atoms with Crippen LogP contribution < -0.4 is 15.5 Å². The fourth-order valence-corrected chi connectivity index (χ4v) is 2.62. The molecular weight excluding hydrogens is 273 g/mol. The van der Waals surface area contributed by atoms with E-state index in [0.29, 0.717) is 25.3 Å². The van der Waals surface area contributed by atoms with Gasteiger partial charge in [0.15, 0.2) is 0 Å². The van der Waals surface area contributed by atoms with Crippen LogP contribution in [0.15, 0.2) is 18.2 Å². The molecule has 0 saturated carbocycles.